The molecule has 0 saturated heterocycles. The van der Waals surface area contributed by atoms with Crippen molar-refractivity contribution in [2.24, 2.45) is 0 Å². The highest BCUT2D eigenvalue weighted by Crippen LogP contribution is 2.13. The largest absolute Gasteiger partial charge is 0.348 e. The van der Waals surface area contributed by atoms with Crippen LogP contribution in [0.3, 0.4) is 0 Å². The Morgan fingerprint density at radius 3 is 2.84 bits per heavy atom. The molecule has 3 rings (SSSR count). The second kappa shape index (κ2) is 5.49. The molecular weight excluding hydrogens is 238 g/mol. The highest BCUT2D eigenvalue weighted by Gasteiger charge is 2.04. The summed E-state index contributed by atoms with van der Waals surface area (Å²) in [5.74, 6) is 0.941. The highest BCUT2D eigenvalue weighted by atomic mass is 15.3. The maximum absolute atomic E-state index is 4.28. The molecule has 0 aliphatic heterocycles. The van der Waals surface area contributed by atoms with E-state index in [4.69, 9.17) is 0 Å². The fourth-order valence-corrected chi connectivity index (χ4v) is 2.01. The SMILES string of the molecule is c1ccc(-n2cccn2)c(CNCc2ncc[nH]2)c1. The van der Waals surface area contributed by atoms with Crippen molar-refractivity contribution in [3.05, 3.63) is 66.5 Å². The lowest BCUT2D eigenvalue weighted by Crippen LogP contribution is -2.15. The predicted molar refractivity (Wildman–Crippen MR) is 72.7 cm³/mol. The first-order valence-corrected chi connectivity index (χ1v) is 6.20. The third kappa shape index (κ3) is 2.71. The van der Waals surface area contributed by atoms with Crippen LogP contribution in [0.15, 0.2) is 55.1 Å². The summed E-state index contributed by atoms with van der Waals surface area (Å²) in [4.78, 5) is 7.26. The Morgan fingerprint density at radius 1 is 1.11 bits per heavy atom. The Labute approximate surface area is 111 Å². The van der Waals surface area contributed by atoms with Gasteiger partial charge in [-0.05, 0) is 17.7 Å². The molecule has 19 heavy (non-hydrogen) atoms. The number of nitrogens with one attached hydrogen (secondary N) is 2. The van der Waals surface area contributed by atoms with Crippen LogP contribution in [0.1, 0.15) is 11.4 Å². The number of benzene rings is 1. The van der Waals surface area contributed by atoms with Crippen LogP contribution < -0.4 is 5.32 Å². The van der Waals surface area contributed by atoms with Crippen molar-refractivity contribution >= 4 is 0 Å². The average Bonchev–Trinajstić information content (AvgIpc) is 3.12. The van der Waals surface area contributed by atoms with Crippen molar-refractivity contribution in [1.82, 2.24) is 25.1 Å². The van der Waals surface area contributed by atoms with Crippen LogP contribution in [0.25, 0.3) is 5.69 Å². The van der Waals surface area contributed by atoms with Gasteiger partial charge in [0.15, 0.2) is 0 Å². The average molecular weight is 253 g/mol. The summed E-state index contributed by atoms with van der Waals surface area (Å²) < 4.78 is 1.88. The first kappa shape index (κ1) is 11.7. The molecule has 1 aromatic carbocycles. The maximum atomic E-state index is 4.28. The molecule has 0 unspecified atom stereocenters. The van der Waals surface area contributed by atoms with Gasteiger partial charge in [-0.15, -0.1) is 0 Å². The van der Waals surface area contributed by atoms with Crippen molar-refractivity contribution in [3.63, 3.8) is 0 Å². The van der Waals surface area contributed by atoms with Crippen molar-refractivity contribution < 1.29 is 0 Å². The van der Waals surface area contributed by atoms with E-state index in [1.807, 2.05) is 35.3 Å². The molecule has 96 valence electrons. The van der Waals surface area contributed by atoms with Gasteiger partial charge in [0.05, 0.1) is 12.2 Å². The number of H-pyrrole nitrogens is 1. The fraction of sp³-hybridized carbons (Fsp3) is 0.143. The van der Waals surface area contributed by atoms with Crippen molar-refractivity contribution in [3.8, 4) is 5.69 Å². The standard InChI is InChI=1S/C14H15N5/c1-2-5-13(19-9-3-6-18-19)12(4-1)10-15-11-14-16-7-8-17-14/h1-9,15H,10-11H2,(H,16,17). The summed E-state index contributed by atoms with van der Waals surface area (Å²) in [5.41, 5.74) is 2.30. The minimum atomic E-state index is 0.723. The minimum absolute atomic E-state index is 0.723. The van der Waals surface area contributed by atoms with Gasteiger partial charge in [-0.2, -0.15) is 5.10 Å². The third-order valence-corrected chi connectivity index (χ3v) is 2.91. The molecule has 0 spiro atoms. The third-order valence-electron chi connectivity index (χ3n) is 2.91. The van der Waals surface area contributed by atoms with E-state index >= 15 is 0 Å². The predicted octanol–water partition coefficient (Wildman–Crippen LogP) is 1.89. The van der Waals surface area contributed by atoms with Gasteiger partial charge in [-0.1, -0.05) is 18.2 Å². The molecule has 5 heteroatoms. The minimum Gasteiger partial charge on any atom is -0.348 e. The molecule has 0 aliphatic carbocycles. The number of hydrogen-bond acceptors (Lipinski definition) is 3. The lowest BCUT2D eigenvalue weighted by atomic mass is 10.2. The molecule has 0 atom stereocenters. The Hall–Kier alpha value is -2.40. The molecular formula is C14H15N5. The van der Waals surface area contributed by atoms with Gasteiger partial charge in [0.1, 0.15) is 5.82 Å². The number of aromatic nitrogens is 4. The smallest absolute Gasteiger partial charge is 0.120 e. The number of rotatable bonds is 5. The van der Waals surface area contributed by atoms with Gasteiger partial charge >= 0.3 is 0 Å². The van der Waals surface area contributed by atoms with Crippen LogP contribution in [0.2, 0.25) is 0 Å². The second-order valence-electron chi connectivity index (χ2n) is 4.22. The van der Waals surface area contributed by atoms with Gasteiger partial charge in [0, 0.05) is 31.3 Å². The van der Waals surface area contributed by atoms with E-state index in [0.717, 1.165) is 24.6 Å². The first-order valence-electron chi connectivity index (χ1n) is 6.20. The Morgan fingerprint density at radius 2 is 2.05 bits per heavy atom. The molecule has 3 aromatic rings. The van der Waals surface area contributed by atoms with Crippen LogP contribution in [0.5, 0.6) is 0 Å². The fourth-order valence-electron chi connectivity index (χ4n) is 2.01. The number of imidazole rings is 1. The summed E-state index contributed by atoms with van der Waals surface area (Å²) in [6.45, 7) is 1.50. The Bertz CT molecular complexity index is 613. The van der Waals surface area contributed by atoms with Crippen LogP contribution in [-0.4, -0.2) is 19.7 Å². The molecule has 0 amide bonds. The zero-order chi connectivity index (χ0) is 12.9. The van der Waals surface area contributed by atoms with Crippen LogP contribution >= 0.6 is 0 Å². The normalized spacial score (nSPS) is 10.7. The number of nitrogens with zero attached hydrogens (tertiary/aromatic N) is 3. The summed E-state index contributed by atoms with van der Waals surface area (Å²) in [5, 5.41) is 7.65. The lowest BCUT2D eigenvalue weighted by molar-refractivity contribution is 0.663. The summed E-state index contributed by atoms with van der Waals surface area (Å²) >= 11 is 0. The molecule has 2 N–H and O–H groups in total. The molecule has 0 fully saturated rings. The summed E-state index contributed by atoms with van der Waals surface area (Å²) in [6.07, 6.45) is 7.32. The monoisotopic (exact) mass is 253 g/mol. The van der Waals surface area contributed by atoms with Crippen molar-refractivity contribution in [2.75, 3.05) is 0 Å². The Kier molecular flexibility index (Phi) is 3.38. The van der Waals surface area contributed by atoms with E-state index in [2.05, 4.69) is 32.5 Å². The van der Waals surface area contributed by atoms with E-state index in [1.54, 1.807) is 12.4 Å². The lowest BCUT2D eigenvalue weighted by Gasteiger charge is -2.10. The number of hydrogen-bond donors (Lipinski definition) is 2. The highest BCUT2D eigenvalue weighted by molar-refractivity contribution is 5.40. The number of aromatic amines is 1. The van der Waals surface area contributed by atoms with E-state index in [-0.39, 0.29) is 0 Å². The van der Waals surface area contributed by atoms with Gasteiger partial charge in [-0.3, -0.25) is 0 Å². The quantitative estimate of drug-likeness (QED) is 0.730. The molecule has 0 aliphatic rings. The van der Waals surface area contributed by atoms with Crippen molar-refractivity contribution in [1.29, 1.82) is 0 Å². The molecule has 5 nitrogen and oxygen atoms in total. The number of para-hydroxylation sites is 1. The van der Waals surface area contributed by atoms with Gasteiger partial charge in [0.25, 0.3) is 0 Å². The van der Waals surface area contributed by atoms with E-state index in [1.165, 1.54) is 5.56 Å². The molecule has 2 aromatic heterocycles. The van der Waals surface area contributed by atoms with Crippen LogP contribution in [0, 0.1) is 0 Å². The molecule has 2 heterocycles. The van der Waals surface area contributed by atoms with E-state index < -0.39 is 0 Å². The zero-order valence-corrected chi connectivity index (χ0v) is 10.5. The van der Waals surface area contributed by atoms with Crippen molar-refractivity contribution in [2.45, 2.75) is 13.1 Å². The zero-order valence-electron chi connectivity index (χ0n) is 10.5. The van der Waals surface area contributed by atoms with Crippen LogP contribution in [-0.2, 0) is 13.1 Å². The second-order valence-corrected chi connectivity index (χ2v) is 4.22. The van der Waals surface area contributed by atoms with E-state index in [0.29, 0.717) is 0 Å². The Balaban J connectivity index is 1.71. The summed E-state index contributed by atoms with van der Waals surface area (Å²) in [7, 11) is 0. The van der Waals surface area contributed by atoms with E-state index in [9.17, 15) is 0 Å². The first-order chi connectivity index (χ1) is 9.43. The topological polar surface area (TPSA) is 58.5 Å². The molecule has 0 radical (unpaired) electrons. The molecule has 0 bridgehead atoms. The molecule has 0 saturated carbocycles. The van der Waals surface area contributed by atoms with Crippen LogP contribution in [0.4, 0.5) is 0 Å². The van der Waals surface area contributed by atoms with Gasteiger partial charge in [-0.25, -0.2) is 9.67 Å². The summed E-state index contributed by atoms with van der Waals surface area (Å²) in [6, 6.07) is 10.2. The van der Waals surface area contributed by atoms with Gasteiger partial charge in [0.2, 0.25) is 0 Å². The maximum Gasteiger partial charge on any atom is 0.120 e. The van der Waals surface area contributed by atoms with Gasteiger partial charge < -0.3 is 10.3 Å².